The first-order valence-electron chi connectivity index (χ1n) is 6.93. The van der Waals surface area contributed by atoms with Gasteiger partial charge in [-0.3, -0.25) is 14.5 Å². The van der Waals surface area contributed by atoms with Gasteiger partial charge in [0, 0.05) is 32.6 Å². The second-order valence-corrected chi connectivity index (χ2v) is 5.48. The van der Waals surface area contributed by atoms with E-state index in [9.17, 15) is 9.59 Å². The van der Waals surface area contributed by atoms with Crippen LogP contribution >= 0.6 is 0 Å². The molecule has 2 rings (SSSR count). The van der Waals surface area contributed by atoms with Gasteiger partial charge in [0.25, 0.3) is 0 Å². The predicted octanol–water partition coefficient (Wildman–Crippen LogP) is 0.196. The van der Waals surface area contributed by atoms with E-state index in [4.69, 9.17) is 5.73 Å². The van der Waals surface area contributed by atoms with Gasteiger partial charge in [0.2, 0.25) is 11.8 Å². The second kappa shape index (κ2) is 6.18. The minimum absolute atomic E-state index is 0.291. The monoisotopic (exact) mass is 253 g/mol. The van der Waals surface area contributed by atoms with E-state index in [2.05, 4.69) is 0 Å². The van der Waals surface area contributed by atoms with E-state index in [1.165, 1.54) is 25.7 Å². The summed E-state index contributed by atoms with van der Waals surface area (Å²) in [5.74, 6) is 0.613. The smallest absolute Gasteiger partial charge is 0.231 e. The van der Waals surface area contributed by atoms with Gasteiger partial charge in [-0.1, -0.05) is 12.8 Å². The highest BCUT2D eigenvalue weighted by Gasteiger charge is 2.25. The van der Waals surface area contributed by atoms with Crippen LogP contribution in [0.4, 0.5) is 0 Å². The fourth-order valence-electron chi connectivity index (χ4n) is 2.97. The highest BCUT2D eigenvalue weighted by atomic mass is 16.2. The molecule has 2 N–H and O–H groups in total. The number of nitrogens with zero attached hydrogens (tertiary/aromatic N) is 2. The van der Waals surface area contributed by atoms with E-state index in [1.807, 2.05) is 9.80 Å². The molecule has 0 unspecified atom stereocenters. The zero-order valence-corrected chi connectivity index (χ0v) is 10.9. The summed E-state index contributed by atoms with van der Waals surface area (Å²) in [6, 6.07) is 0. The highest BCUT2D eigenvalue weighted by Crippen LogP contribution is 2.28. The molecule has 2 fully saturated rings. The van der Waals surface area contributed by atoms with Crippen LogP contribution in [-0.4, -0.2) is 54.3 Å². The van der Waals surface area contributed by atoms with E-state index in [1.54, 1.807) is 0 Å². The molecular formula is C13H23N3O2. The van der Waals surface area contributed by atoms with E-state index >= 15 is 0 Å². The normalized spacial score (nSPS) is 22.3. The number of carbonyl (C=O) groups is 2. The number of nitrogens with two attached hydrogens (primary N) is 1. The van der Waals surface area contributed by atoms with Crippen LogP contribution in [0.3, 0.4) is 0 Å². The summed E-state index contributed by atoms with van der Waals surface area (Å²) in [7, 11) is 0. The number of amides is 2. The summed E-state index contributed by atoms with van der Waals surface area (Å²) >= 11 is 0. The molecule has 0 aromatic carbocycles. The van der Waals surface area contributed by atoms with E-state index in [-0.39, 0.29) is 5.91 Å². The van der Waals surface area contributed by atoms with Gasteiger partial charge >= 0.3 is 0 Å². The van der Waals surface area contributed by atoms with Gasteiger partial charge < -0.3 is 10.6 Å². The molecule has 2 amide bonds. The molecule has 1 aliphatic heterocycles. The van der Waals surface area contributed by atoms with Crippen LogP contribution in [0.5, 0.6) is 0 Å². The molecule has 5 nitrogen and oxygen atoms in total. The van der Waals surface area contributed by atoms with Crippen LogP contribution in [0.2, 0.25) is 0 Å². The van der Waals surface area contributed by atoms with Gasteiger partial charge in [-0.2, -0.15) is 0 Å². The summed E-state index contributed by atoms with van der Waals surface area (Å²) < 4.78 is 0. The lowest BCUT2D eigenvalue weighted by Crippen LogP contribution is -2.50. The maximum atomic E-state index is 12.1. The van der Waals surface area contributed by atoms with Crippen molar-refractivity contribution in [3.05, 3.63) is 0 Å². The molecule has 1 saturated carbocycles. The average molecular weight is 253 g/mol. The number of hydrogen-bond donors (Lipinski definition) is 1. The molecular weight excluding hydrogens is 230 g/mol. The third-order valence-electron chi connectivity index (χ3n) is 4.04. The molecule has 2 aliphatic rings. The standard InChI is InChI=1S/C13H23N3O2/c14-12(17)10-15-5-7-16(8-6-15)13(18)9-11-3-1-2-4-11/h11H,1-10H2,(H2,14,17). The lowest BCUT2D eigenvalue weighted by Gasteiger charge is -2.34. The van der Waals surface area contributed by atoms with Gasteiger partial charge in [0.1, 0.15) is 0 Å². The fourth-order valence-corrected chi connectivity index (χ4v) is 2.97. The number of primary amides is 1. The van der Waals surface area contributed by atoms with Crippen molar-refractivity contribution in [3.8, 4) is 0 Å². The van der Waals surface area contributed by atoms with Crippen molar-refractivity contribution in [2.45, 2.75) is 32.1 Å². The first-order chi connectivity index (χ1) is 8.65. The van der Waals surface area contributed by atoms with E-state index < -0.39 is 0 Å². The molecule has 0 radical (unpaired) electrons. The Morgan fingerprint density at radius 1 is 1.06 bits per heavy atom. The molecule has 18 heavy (non-hydrogen) atoms. The summed E-state index contributed by atoms with van der Waals surface area (Å²) in [4.78, 5) is 26.9. The van der Waals surface area contributed by atoms with Gasteiger partial charge in [0.05, 0.1) is 6.54 Å². The Morgan fingerprint density at radius 3 is 2.22 bits per heavy atom. The highest BCUT2D eigenvalue weighted by molar-refractivity contribution is 5.77. The molecule has 1 aliphatic carbocycles. The van der Waals surface area contributed by atoms with Crippen molar-refractivity contribution < 1.29 is 9.59 Å². The Morgan fingerprint density at radius 2 is 1.67 bits per heavy atom. The average Bonchev–Trinajstić information content (AvgIpc) is 2.82. The van der Waals surface area contributed by atoms with Gasteiger partial charge in [0.15, 0.2) is 0 Å². The zero-order chi connectivity index (χ0) is 13.0. The SMILES string of the molecule is NC(=O)CN1CCN(C(=O)CC2CCCC2)CC1. The summed E-state index contributed by atoms with van der Waals surface area (Å²) in [5.41, 5.74) is 5.17. The van der Waals surface area contributed by atoms with Gasteiger partial charge in [-0.25, -0.2) is 0 Å². The van der Waals surface area contributed by atoms with Crippen molar-refractivity contribution in [2.24, 2.45) is 11.7 Å². The van der Waals surface area contributed by atoms with Crippen molar-refractivity contribution >= 4 is 11.8 Å². The first kappa shape index (κ1) is 13.3. The maximum absolute atomic E-state index is 12.1. The largest absolute Gasteiger partial charge is 0.369 e. The van der Waals surface area contributed by atoms with Crippen molar-refractivity contribution in [2.75, 3.05) is 32.7 Å². The predicted molar refractivity (Wildman–Crippen MR) is 68.8 cm³/mol. The summed E-state index contributed by atoms with van der Waals surface area (Å²) in [6.07, 6.45) is 5.71. The molecule has 0 aromatic heterocycles. The molecule has 0 spiro atoms. The van der Waals surface area contributed by atoms with Crippen molar-refractivity contribution in [3.63, 3.8) is 0 Å². The molecule has 1 heterocycles. The Balaban J connectivity index is 1.71. The Kier molecular flexibility index (Phi) is 4.58. The number of hydrogen-bond acceptors (Lipinski definition) is 3. The fraction of sp³-hybridized carbons (Fsp3) is 0.846. The van der Waals surface area contributed by atoms with E-state index in [0.29, 0.717) is 18.4 Å². The molecule has 102 valence electrons. The summed E-state index contributed by atoms with van der Waals surface area (Å²) in [5, 5.41) is 0. The Bertz CT molecular complexity index is 305. The van der Waals surface area contributed by atoms with Gasteiger partial charge in [-0.15, -0.1) is 0 Å². The lowest BCUT2D eigenvalue weighted by molar-refractivity contribution is -0.134. The third-order valence-corrected chi connectivity index (χ3v) is 4.04. The number of piperazine rings is 1. The van der Waals surface area contributed by atoms with Gasteiger partial charge in [-0.05, 0) is 18.8 Å². The van der Waals surface area contributed by atoms with Crippen LogP contribution in [0.25, 0.3) is 0 Å². The zero-order valence-electron chi connectivity index (χ0n) is 10.9. The summed E-state index contributed by atoms with van der Waals surface area (Å²) in [6.45, 7) is 3.31. The van der Waals surface area contributed by atoms with Crippen LogP contribution in [0.1, 0.15) is 32.1 Å². The van der Waals surface area contributed by atoms with Crippen LogP contribution in [-0.2, 0) is 9.59 Å². The molecule has 0 aromatic rings. The van der Waals surface area contributed by atoms with E-state index in [0.717, 1.165) is 32.6 Å². The maximum Gasteiger partial charge on any atom is 0.231 e. The van der Waals surface area contributed by atoms with Crippen LogP contribution in [0.15, 0.2) is 0 Å². The Hall–Kier alpha value is -1.10. The lowest BCUT2D eigenvalue weighted by atomic mass is 10.0. The molecule has 1 saturated heterocycles. The second-order valence-electron chi connectivity index (χ2n) is 5.48. The minimum Gasteiger partial charge on any atom is -0.369 e. The molecule has 5 heteroatoms. The topological polar surface area (TPSA) is 66.6 Å². The Labute approximate surface area is 108 Å². The number of carbonyl (C=O) groups excluding carboxylic acids is 2. The minimum atomic E-state index is -0.291. The quantitative estimate of drug-likeness (QED) is 0.778. The molecule has 0 atom stereocenters. The van der Waals surface area contributed by atoms with Crippen molar-refractivity contribution in [1.29, 1.82) is 0 Å². The molecule has 0 bridgehead atoms. The van der Waals surface area contributed by atoms with Crippen molar-refractivity contribution in [1.82, 2.24) is 9.80 Å². The van der Waals surface area contributed by atoms with Crippen LogP contribution < -0.4 is 5.73 Å². The first-order valence-corrected chi connectivity index (χ1v) is 6.93. The van der Waals surface area contributed by atoms with Crippen LogP contribution in [0, 0.1) is 5.92 Å². The number of rotatable bonds is 4. The third kappa shape index (κ3) is 3.70.